The van der Waals surface area contributed by atoms with Gasteiger partial charge in [0, 0.05) is 10.4 Å². The van der Waals surface area contributed by atoms with Crippen LogP contribution in [0, 0.1) is 5.41 Å². The molecule has 1 aliphatic heterocycles. The van der Waals surface area contributed by atoms with Crippen molar-refractivity contribution in [3.05, 3.63) is 40.9 Å². The molecule has 0 unspecified atom stereocenters. The number of benzene rings is 2. The highest BCUT2D eigenvalue weighted by Crippen LogP contribution is 2.38. The Balaban J connectivity index is 2.15. The Labute approximate surface area is 166 Å². The lowest BCUT2D eigenvalue weighted by Crippen LogP contribution is -2.41. The fraction of sp³-hybridized carbons (Fsp3) is 0.476. The molecule has 144 valence electrons. The highest BCUT2D eigenvalue weighted by molar-refractivity contribution is 6.66. The molecule has 1 N–H and O–H groups in total. The Kier molecular flexibility index (Phi) is 4.86. The van der Waals surface area contributed by atoms with Gasteiger partial charge < -0.3 is 14.4 Å². The van der Waals surface area contributed by atoms with Crippen LogP contribution in [0.1, 0.15) is 47.1 Å². The van der Waals surface area contributed by atoms with Crippen LogP contribution in [-0.2, 0) is 20.5 Å². The number of aliphatic carboxylic acids is 1. The lowest BCUT2D eigenvalue weighted by atomic mass is 9.73. The van der Waals surface area contributed by atoms with Crippen molar-refractivity contribution >= 4 is 40.9 Å². The van der Waals surface area contributed by atoms with Crippen LogP contribution in [0.25, 0.3) is 10.8 Å². The number of carboxylic acids is 1. The molecule has 0 spiro atoms. The SMILES string of the molecule is CC(C)(Cc1cc(B2OC(C)(C)C(C)(C)O2)c2c(Cl)cccc2c1)C(=O)O. The largest absolute Gasteiger partial charge is 0.495 e. The van der Waals surface area contributed by atoms with E-state index in [-0.39, 0.29) is 0 Å². The Morgan fingerprint density at radius 1 is 1.15 bits per heavy atom. The van der Waals surface area contributed by atoms with Crippen LogP contribution < -0.4 is 5.46 Å². The average molecular weight is 389 g/mol. The minimum absolute atomic E-state index is 0.400. The lowest BCUT2D eigenvalue weighted by Gasteiger charge is -2.32. The third-order valence-electron chi connectivity index (χ3n) is 5.75. The molecule has 2 aromatic carbocycles. The van der Waals surface area contributed by atoms with Gasteiger partial charge in [-0.1, -0.05) is 35.9 Å². The summed E-state index contributed by atoms with van der Waals surface area (Å²) in [6.45, 7) is 11.5. The van der Waals surface area contributed by atoms with Gasteiger partial charge in [-0.15, -0.1) is 0 Å². The van der Waals surface area contributed by atoms with Crippen LogP contribution in [0.5, 0.6) is 0 Å². The van der Waals surface area contributed by atoms with Gasteiger partial charge in [0.2, 0.25) is 0 Å². The molecule has 1 heterocycles. The summed E-state index contributed by atoms with van der Waals surface area (Å²) in [5, 5.41) is 12.0. The van der Waals surface area contributed by atoms with E-state index in [1.165, 1.54) is 0 Å². The molecule has 0 amide bonds. The zero-order chi connectivity index (χ0) is 20.2. The van der Waals surface area contributed by atoms with E-state index in [9.17, 15) is 9.90 Å². The van der Waals surface area contributed by atoms with Gasteiger partial charge in [-0.2, -0.15) is 0 Å². The molecule has 0 aromatic heterocycles. The van der Waals surface area contributed by atoms with Crippen molar-refractivity contribution in [3.63, 3.8) is 0 Å². The van der Waals surface area contributed by atoms with Gasteiger partial charge >= 0.3 is 13.1 Å². The molecule has 2 aromatic rings. The van der Waals surface area contributed by atoms with Crippen molar-refractivity contribution in [2.45, 2.75) is 59.2 Å². The summed E-state index contributed by atoms with van der Waals surface area (Å²) in [7, 11) is -0.565. The maximum Gasteiger partial charge on any atom is 0.495 e. The van der Waals surface area contributed by atoms with E-state index in [4.69, 9.17) is 20.9 Å². The number of hydrogen-bond acceptors (Lipinski definition) is 3. The summed E-state index contributed by atoms with van der Waals surface area (Å²) < 4.78 is 12.5. The van der Waals surface area contributed by atoms with E-state index < -0.39 is 29.7 Å². The third kappa shape index (κ3) is 3.61. The van der Waals surface area contributed by atoms with Crippen molar-refractivity contribution in [1.82, 2.24) is 0 Å². The Morgan fingerprint density at radius 3 is 2.30 bits per heavy atom. The van der Waals surface area contributed by atoms with Gasteiger partial charge in [0.15, 0.2) is 0 Å². The molecule has 1 aliphatic rings. The van der Waals surface area contributed by atoms with Crippen LogP contribution in [0.3, 0.4) is 0 Å². The summed E-state index contributed by atoms with van der Waals surface area (Å²) in [6.07, 6.45) is 0.400. The van der Waals surface area contributed by atoms with Crippen molar-refractivity contribution in [1.29, 1.82) is 0 Å². The monoisotopic (exact) mass is 388 g/mol. The van der Waals surface area contributed by atoms with E-state index in [2.05, 4.69) is 0 Å². The molecule has 1 saturated heterocycles. The first-order valence-electron chi connectivity index (χ1n) is 9.14. The molecule has 1 fully saturated rings. The molecule has 3 rings (SSSR count). The second kappa shape index (κ2) is 6.51. The van der Waals surface area contributed by atoms with E-state index in [1.807, 2.05) is 58.0 Å². The van der Waals surface area contributed by atoms with E-state index in [1.54, 1.807) is 13.8 Å². The maximum atomic E-state index is 11.6. The minimum Gasteiger partial charge on any atom is -0.481 e. The zero-order valence-electron chi connectivity index (χ0n) is 16.7. The highest BCUT2D eigenvalue weighted by atomic mass is 35.5. The van der Waals surface area contributed by atoms with Gasteiger partial charge in [-0.25, -0.2) is 0 Å². The number of halogens is 1. The minimum atomic E-state index is -0.876. The molecular formula is C21H26BClO4. The van der Waals surface area contributed by atoms with Gasteiger partial charge in [0.25, 0.3) is 0 Å². The third-order valence-corrected chi connectivity index (χ3v) is 6.06. The molecule has 0 saturated carbocycles. The summed E-state index contributed by atoms with van der Waals surface area (Å²) in [5.41, 5.74) is -0.0577. The number of carbonyl (C=O) groups is 1. The zero-order valence-corrected chi connectivity index (χ0v) is 17.5. The summed E-state index contributed by atoms with van der Waals surface area (Å²) in [5.74, 6) is -0.828. The maximum absolute atomic E-state index is 11.6. The van der Waals surface area contributed by atoms with Gasteiger partial charge in [-0.3, -0.25) is 4.79 Å². The molecule has 6 heteroatoms. The first kappa shape index (κ1) is 20.2. The summed E-state index contributed by atoms with van der Waals surface area (Å²) >= 11 is 6.51. The quantitative estimate of drug-likeness (QED) is 0.786. The van der Waals surface area contributed by atoms with Crippen LogP contribution in [0.2, 0.25) is 5.02 Å². The normalized spacial score (nSPS) is 18.9. The second-order valence-corrected chi connectivity index (χ2v) is 9.38. The Morgan fingerprint density at radius 2 is 1.74 bits per heavy atom. The van der Waals surface area contributed by atoms with Crippen LogP contribution >= 0.6 is 11.6 Å². The van der Waals surface area contributed by atoms with Gasteiger partial charge in [-0.05, 0) is 70.4 Å². The number of hydrogen-bond donors (Lipinski definition) is 1. The van der Waals surface area contributed by atoms with Crippen molar-refractivity contribution in [3.8, 4) is 0 Å². The number of carboxylic acid groups (broad SMARTS) is 1. The van der Waals surface area contributed by atoms with E-state index >= 15 is 0 Å². The van der Waals surface area contributed by atoms with E-state index in [0.29, 0.717) is 11.4 Å². The topological polar surface area (TPSA) is 55.8 Å². The number of fused-ring (bicyclic) bond motifs is 1. The predicted octanol–water partition coefficient (Wildman–Crippen LogP) is 4.45. The molecule has 27 heavy (non-hydrogen) atoms. The smallest absolute Gasteiger partial charge is 0.481 e. The van der Waals surface area contributed by atoms with Crippen molar-refractivity contribution < 1.29 is 19.2 Å². The molecule has 0 bridgehead atoms. The van der Waals surface area contributed by atoms with E-state index in [0.717, 1.165) is 21.8 Å². The first-order valence-corrected chi connectivity index (χ1v) is 9.52. The first-order chi connectivity index (χ1) is 12.3. The average Bonchev–Trinajstić information content (AvgIpc) is 2.74. The standard InChI is InChI=1S/C21H26BClO4/c1-19(2,18(24)25)12-13-10-14-8-7-9-16(23)17(14)15(11-13)22-26-20(3,4)21(5,6)27-22/h7-11H,12H2,1-6H3,(H,24,25). The Bertz CT molecular complexity index is 888. The summed E-state index contributed by atoms with van der Waals surface area (Å²) in [6, 6.07) is 9.69. The lowest BCUT2D eigenvalue weighted by molar-refractivity contribution is -0.146. The van der Waals surface area contributed by atoms with Crippen LogP contribution in [0.15, 0.2) is 30.3 Å². The van der Waals surface area contributed by atoms with Gasteiger partial charge in [0.1, 0.15) is 0 Å². The van der Waals surface area contributed by atoms with Gasteiger partial charge in [0.05, 0.1) is 16.6 Å². The van der Waals surface area contributed by atoms with Crippen LogP contribution in [-0.4, -0.2) is 29.4 Å². The predicted molar refractivity (Wildman–Crippen MR) is 110 cm³/mol. The highest BCUT2D eigenvalue weighted by Gasteiger charge is 2.52. The molecule has 0 radical (unpaired) electrons. The fourth-order valence-corrected chi connectivity index (χ4v) is 3.61. The summed E-state index contributed by atoms with van der Waals surface area (Å²) in [4.78, 5) is 11.6. The van der Waals surface area contributed by atoms with Crippen molar-refractivity contribution in [2.75, 3.05) is 0 Å². The molecule has 4 nitrogen and oxygen atoms in total. The second-order valence-electron chi connectivity index (χ2n) is 8.98. The molecule has 0 aliphatic carbocycles. The molecular weight excluding hydrogens is 362 g/mol. The fourth-order valence-electron chi connectivity index (χ4n) is 3.32. The Hall–Kier alpha value is -1.56. The number of rotatable bonds is 4. The van der Waals surface area contributed by atoms with Crippen LogP contribution in [0.4, 0.5) is 0 Å². The molecule has 0 atom stereocenters. The van der Waals surface area contributed by atoms with Crippen molar-refractivity contribution in [2.24, 2.45) is 5.41 Å².